The molecule has 0 saturated heterocycles. The average molecular weight is 361 g/mol. The standard InChI is InChI=1S/C19H20N2O3.ClH/c1-23-19(22)15(20)10-14-11-21-16-8-5-9-17(18(14)16)24-12-13-6-3-2-4-7-13;/h2-9,11,15,21H,10,12,20H2,1H3;1H. The molecule has 1 heterocycles. The van der Waals surface area contributed by atoms with Crippen LogP contribution in [0.5, 0.6) is 5.75 Å². The minimum atomic E-state index is -0.698. The number of nitrogens with two attached hydrogens (primary N) is 1. The van der Waals surface area contributed by atoms with Crippen LogP contribution in [0.25, 0.3) is 10.9 Å². The number of benzene rings is 2. The molecule has 0 aliphatic heterocycles. The Kier molecular flexibility index (Phi) is 6.44. The van der Waals surface area contributed by atoms with Crippen molar-refractivity contribution in [2.45, 2.75) is 19.1 Å². The SMILES string of the molecule is COC(=O)C(N)Cc1c[nH]c2cccc(OCc3ccccc3)c12.Cl. The van der Waals surface area contributed by atoms with Crippen molar-refractivity contribution in [1.82, 2.24) is 4.98 Å². The summed E-state index contributed by atoms with van der Waals surface area (Å²) in [6.45, 7) is 0.480. The largest absolute Gasteiger partial charge is 0.488 e. The van der Waals surface area contributed by atoms with Crippen LogP contribution in [-0.2, 0) is 22.6 Å². The number of ether oxygens (including phenoxy) is 2. The van der Waals surface area contributed by atoms with Gasteiger partial charge in [-0.15, -0.1) is 12.4 Å². The van der Waals surface area contributed by atoms with Gasteiger partial charge in [0.1, 0.15) is 18.4 Å². The number of halogens is 1. The lowest BCUT2D eigenvalue weighted by Crippen LogP contribution is -2.33. The summed E-state index contributed by atoms with van der Waals surface area (Å²) in [5.41, 5.74) is 8.88. The van der Waals surface area contributed by atoms with E-state index in [1.54, 1.807) is 0 Å². The minimum absolute atomic E-state index is 0. The number of nitrogens with one attached hydrogen (secondary N) is 1. The van der Waals surface area contributed by atoms with Crippen LogP contribution in [0.15, 0.2) is 54.7 Å². The van der Waals surface area contributed by atoms with E-state index in [-0.39, 0.29) is 12.4 Å². The fourth-order valence-corrected chi connectivity index (χ4v) is 2.71. The number of fused-ring (bicyclic) bond motifs is 1. The molecule has 0 aliphatic rings. The summed E-state index contributed by atoms with van der Waals surface area (Å²) in [7, 11) is 1.34. The van der Waals surface area contributed by atoms with Crippen LogP contribution in [0.3, 0.4) is 0 Å². The first-order valence-electron chi connectivity index (χ1n) is 7.78. The quantitative estimate of drug-likeness (QED) is 0.662. The Bertz CT molecular complexity index is 833. The molecule has 132 valence electrons. The van der Waals surface area contributed by atoms with E-state index in [0.29, 0.717) is 13.0 Å². The second kappa shape index (κ2) is 8.55. The maximum atomic E-state index is 11.6. The van der Waals surface area contributed by atoms with Crippen molar-refractivity contribution in [2.24, 2.45) is 5.73 Å². The number of H-pyrrole nitrogens is 1. The molecular formula is C19H21ClN2O3. The molecule has 2 aromatic carbocycles. The van der Waals surface area contributed by atoms with Gasteiger partial charge in [0, 0.05) is 23.5 Å². The van der Waals surface area contributed by atoms with Crippen molar-refractivity contribution >= 4 is 29.3 Å². The lowest BCUT2D eigenvalue weighted by atomic mass is 10.0. The van der Waals surface area contributed by atoms with Gasteiger partial charge in [-0.25, -0.2) is 0 Å². The summed E-state index contributed by atoms with van der Waals surface area (Å²) in [4.78, 5) is 14.8. The van der Waals surface area contributed by atoms with E-state index in [1.165, 1.54) is 7.11 Å². The minimum Gasteiger partial charge on any atom is -0.488 e. The number of methoxy groups -OCH3 is 1. The van der Waals surface area contributed by atoms with E-state index in [0.717, 1.165) is 27.8 Å². The second-order valence-electron chi connectivity index (χ2n) is 5.60. The van der Waals surface area contributed by atoms with Gasteiger partial charge in [-0.1, -0.05) is 36.4 Å². The number of carbonyl (C=O) groups is 1. The predicted molar refractivity (Wildman–Crippen MR) is 100 cm³/mol. The fraction of sp³-hybridized carbons (Fsp3) is 0.211. The van der Waals surface area contributed by atoms with Crippen LogP contribution in [0.4, 0.5) is 0 Å². The highest BCUT2D eigenvalue weighted by atomic mass is 35.5. The highest BCUT2D eigenvalue weighted by Crippen LogP contribution is 2.30. The highest BCUT2D eigenvalue weighted by Gasteiger charge is 2.18. The van der Waals surface area contributed by atoms with Crippen molar-refractivity contribution in [3.8, 4) is 5.75 Å². The Labute approximate surface area is 152 Å². The van der Waals surface area contributed by atoms with Crippen LogP contribution in [-0.4, -0.2) is 24.1 Å². The van der Waals surface area contributed by atoms with E-state index < -0.39 is 12.0 Å². The number of hydrogen-bond acceptors (Lipinski definition) is 4. The van der Waals surface area contributed by atoms with Gasteiger partial charge in [-0.2, -0.15) is 0 Å². The normalized spacial score (nSPS) is 11.6. The van der Waals surface area contributed by atoms with Gasteiger partial charge in [0.15, 0.2) is 0 Å². The van der Waals surface area contributed by atoms with Crippen LogP contribution >= 0.6 is 12.4 Å². The maximum Gasteiger partial charge on any atom is 0.322 e. The van der Waals surface area contributed by atoms with E-state index in [4.69, 9.17) is 15.2 Å². The lowest BCUT2D eigenvalue weighted by Gasteiger charge is -2.11. The molecule has 3 rings (SSSR count). The molecular weight excluding hydrogens is 340 g/mol. The number of esters is 1. The van der Waals surface area contributed by atoms with E-state index in [9.17, 15) is 4.79 Å². The number of hydrogen-bond donors (Lipinski definition) is 2. The monoisotopic (exact) mass is 360 g/mol. The van der Waals surface area contributed by atoms with Crippen molar-refractivity contribution in [2.75, 3.05) is 7.11 Å². The first-order chi connectivity index (χ1) is 11.7. The molecule has 1 unspecified atom stereocenters. The summed E-state index contributed by atoms with van der Waals surface area (Å²) in [6, 6.07) is 15.1. The van der Waals surface area contributed by atoms with Gasteiger partial charge in [0.2, 0.25) is 0 Å². The van der Waals surface area contributed by atoms with Crippen LogP contribution in [0.2, 0.25) is 0 Å². The second-order valence-corrected chi connectivity index (χ2v) is 5.60. The summed E-state index contributed by atoms with van der Waals surface area (Å²) in [5, 5.41) is 0.952. The molecule has 5 nitrogen and oxygen atoms in total. The molecule has 0 spiro atoms. The van der Waals surface area contributed by atoms with Gasteiger partial charge in [-0.3, -0.25) is 4.79 Å². The number of aromatic amines is 1. The van der Waals surface area contributed by atoms with Gasteiger partial charge in [0.25, 0.3) is 0 Å². The molecule has 25 heavy (non-hydrogen) atoms. The van der Waals surface area contributed by atoms with Crippen molar-refractivity contribution < 1.29 is 14.3 Å². The van der Waals surface area contributed by atoms with Crippen molar-refractivity contribution in [3.05, 3.63) is 65.9 Å². The predicted octanol–water partition coefficient (Wildman–Crippen LogP) is 3.21. The first kappa shape index (κ1) is 18.8. The van der Waals surface area contributed by atoms with Crippen LogP contribution < -0.4 is 10.5 Å². The van der Waals surface area contributed by atoms with E-state index in [1.807, 2.05) is 54.7 Å². The summed E-state index contributed by atoms with van der Waals surface area (Å²) in [5.74, 6) is 0.344. The van der Waals surface area contributed by atoms with Gasteiger partial charge >= 0.3 is 5.97 Å². The number of aromatic nitrogens is 1. The number of rotatable bonds is 6. The molecule has 0 radical (unpaired) electrons. The molecule has 0 bridgehead atoms. The average Bonchev–Trinajstić information content (AvgIpc) is 3.03. The third-order valence-corrected chi connectivity index (χ3v) is 3.93. The maximum absolute atomic E-state index is 11.6. The third kappa shape index (κ3) is 4.32. The topological polar surface area (TPSA) is 77.3 Å². The Morgan fingerprint density at radius 1 is 1.16 bits per heavy atom. The van der Waals surface area contributed by atoms with E-state index >= 15 is 0 Å². The molecule has 0 aliphatic carbocycles. The molecule has 0 fully saturated rings. The van der Waals surface area contributed by atoms with Gasteiger partial charge in [0.05, 0.1) is 7.11 Å². The molecule has 0 saturated carbocycles. The molecule has 1 aromatic heterocycles. The number of carbonyl (C=O) groups excluding carboxylic acids is 1. The van der Waals surface area contributed by atoms with Gasteiger partial charge < -0.3 is 20.2 Å². The smallest absolute Gasteiger partial charge is 0.322 e. The summed E-state index contributed by atoms with van der Waals surface area (Å²) >= 11 is 0. The Hall–Kier alpha value is -2.50. The third-order valence-electron chi connectivity index (χ3n) is 3.93. The summed E-state index contributed by atoms with van der Waals surface area (Å²) in [6.07, 6.45) is 2.25. The highest BCUT2D eigenvalue weighted by molar-refractivity contribution is 5.90. The molecule has 6 heteroatoms. The Balaban J connectivity index is 0.00000225. The van der Waals surface area contributed by atoms with E-state index in [2.05, 4.69) is 4.98 Å². The lowest BCUT2D eigenvalue weighted by molar-refractivity contribution is -0.142. The van der Waals surface area contributed by atoms with Crippen LogP contribution in [0, 0.1) is 0 Å². The Morgan fingerprint density at radius 2 is 1.92 bits per heavy atom. The van der Waals surface area contributed by atoms with Crippen molar-refractivity contribution in [1.29, 1.82) is 0 Å². The van der Waals surface area contributed by atoms with Crippen molar-refractivity contribution in [3.63, 3.8) is 0 Å². The zero-order valence-corrected chi connectivity index (χ0v) is 14.7. The molecule has 1 atom stereocenters. The molecule has 3 aromatic rings. The first-order valence-corrected chi connectivity index (χ1v) is 7.78. The van der Waals surface area contributed by atoms with Gasteiger partial charge in [-0.05, 0) is 23.3 Å². The molecule has 3 N–H and O–H groups in total. The zero-order chi connectivity index (χ0) is 16.9. The summed E-state index contributed by atoms with van der Waals surface area (Å²) < 4.78 is 10.7. The molecule has 0 amide bonds. The Morgan fingerprint density at radius 3 is 2.64 bits per heavy atom. The van der Waals surface area contributed by atoms with Crippen LogP contribution in [0.1, 0.15) is 11.1 Å². The zero-order valence-electron chi connectivity index (χ0n) is 13.9. The fourth-order valence-electron chi connectivity index (χ4n) is 2.71.